The van der Waals surface area contributed by atoms with Crippen molar-refractivity contribution in [2.24, 2.45) is 5.92 Å². The van der Waals surface area contributed by atoms with Crippen molar-refractivity contribution in [1.29, 1.82) is 0 Å². The summed E-state index contributed by atoms with van der Waals surface area (Å²) in [5.41, 5.74) is 0.595. The summed E-state index contributed by atoms with van der Waals surface area (Å²) in [7, 11) is 0. The molecule has 0 atom stereocenters. The second kappa shape index (κ2) is 9.28. The number of nitrogens with zero attached hydrogens (tertiary/aromatic N) is 2. The Labute approximate surface area is 165 Å². The molecule has 1 heterocycles. The molecule has 0 radical (unpaired) electrons. The third kappa shape index (κ3) is 5.38. The molecule has 2 amide bonds. The van der Waals surface area contributed by atoms with Gasteiger partial charge in [0.1, 0.15) is 6.54 Å². The minimum absolute atomic E-state index is 0.0431. The predicted molar refractivity (Wildman–Crippen MR) is 107 cm³/mol. The Kier molecular flexibility index (Phi) is 6.80. The fourth-order valence-electron chi connectivity index (χ4n) is 3.32. The van der Waals surface area contributed by atoms with E-state index >= 15 is 0 Å². The highest BCUT2D eigenvalue weighted by Crippen LogP contribution is 2.25. The number of halogens is 1. The van der Waals surface area contributed by atoms with E-state index in [-0.39, 0.29) is 18.4 Å². The molecule has 1 saturated carbocycles. The Bertz CT molecular complexity index is 745. The first-order valence-corrected chi connectivity index (χ1v) is 10.5. The molecular formula is C19H22BrN3O2S. The quantitative estimate of drug-likeness (QED) is 0.722. The summed E-state index contributed by atoms with van der Waals surface area (Å²) in [6.07, 6.45) is 7.56. The van der Waals surface area contributed by atoms with Crippen LogP contribution in [-0.2, 0) is 4.79 Å². The van der Waals surface area contributed by atoms with E-state index in [0.717, 1.165) is 17.3 Å². The second-order valence-corrected chi connectivity index (χ2v) is 8.40. The van der Waals surface area contributed by atoms with Crippen LogP contribution in [0.2, 0.25) is 0 Å². The summed E-state index contributed by atoms with van der Waals surface area (Å²) in [6, 6.07) is 7.32. The van der Waals surface area contributed by atoms with Crippen LogP contribution in [0.25, 0.3) is 0 Å². The minimum atomic E-state index is -0.209. The normalized spacial score (nSPS) is 14.8. The maximum Gasteiger partial charge on any atom is 0.254 e. The van der Waals surface area contributed by atoms with E-state index < -0.39 is 0 Å². The van der Waals surface area contributed by atoms with Crippen molar-refractivity contribution in [3.63, 3.8) is 0 Å². The van der Waals surface area contributed by atoms with Crippen LogP contribution < -0.4 is 5.32 Å². The zero-order valence-corrected chi connectivity index (χ0v) is 16.9. The number of carbonyl (C=O) groups excluding carboxylic acids is 2. The van der Waals surface area contributed by atoms with Gasteiger partial charge in [0.15, 0.2) is 5.13 Å². The summed E-state index contributed by atoms with van der Waals surface area (Å²) >= 11 is 4.78. The number of hydrogen-bond donors (Lipinski definition) is 1. The first-order valence-electron chi connectivity index (χ1n) is 8.86. The van der Waals surface area contributed by atoms with Crippen LogP contribution in [0.4, 0.5) is 5.13 Å². The molecule has 138 valence electrons. The van der Waals surface area contributed by atoms with E-state index in [9.17, 15) is 9.59 Å². The van der Waals surface area contributed by atoms with E-state index in [2.05, 4.69) is 26.2 Å². The molecular weight excluding hydrogens is 414 g/mol. The zero-order chi connectivity index (χ0) is 18.4. The largest absolute Gasteiger partial charge is 0.329 e. The Morgan fingerprint density at radius 1 is 1.27 bits per heavy atom. The van der Waals surface area contributed by atoms with Gasteiger partial charge in [-0.1, -0.05) is 41.3 Å². The fraction of sp³-hybridized carbons (Fsp3) is 0.421. The van der Waals surface area contributed by atoms with Crippen LogP contribution in [0.1, 0.15) is 42.5 Å². The van der Waals surface area contributed by atoms with Crippen LogP contribution in [0, 0.1) is 5.92 Å². The smallest absolute Gasteiger partial charge is 0.254 e. The van der Waals surface area contributed by atoms with Crippen LogP contribution in [0.5, 0.6) is 0 Å². The Morgan fingerprint density at radius 2 is 2.08 bits per heavy atom. The van der Waals surface area contributed by atoms with Crippen LogP contribution in [0.15, 0.2) is 40.3 Å². The van der Waals surface area contributed by atoms with Crippen LogP contribution >= 0.6 is 27.3 Å². The lowest BCUT2D eigenvalue weighted by atomic mass is 9.89. The van der Waals surface area contributed by atoms with Gasteiger partial charge in [-0.25, -0.2) is 4.98 Å². The number of benzene rings is 1. The number of nitrogens with one attached hydrogen (secondary N) is 1. The summed E-state index contributed by atoms with van der Waals surface area (Å²) in [4.78, 5) is 31.2. The number of anilines is 1. The average molecular weight is 436 g/mol. The SMILES string of the molecule is O=C(CN(CC1CCCCC1)C(=O)c1cccc(Br)c1)Nc1nccs1. The number of amides is 2. The molecule has 0 bridgehead atoms. The van der Waals surface area contributed by atoms with E-state index in [1.54, 1.807) is 23.2 Å². The Morgan fingerprint density at radius 3 is 2.77 bits per heavy atom. The summed E-state index contributed by atoms with van der Waals surface area (Å²) in [5.74, 6) is 0.151. The van der Waals surface area contributed by atoms with Crippen molar-refractivity contribution < 1.29 is 9.59 Å². The molecule has 1 aliphatic carbocycles. The number of aromatic nitrogens is 1. The van der Waals surface area contributed by atoms with E-state index in [0.29, 0.717) is 23.2 Å². The maximum atomic E-state index is 13.0. The topological polar surface area (TPSA) is 62.3 Å². The molecule has 1 aliphatic rings. The fourth-order valence-corrected chi connectivity index (χ4v) is 4.27. The molecule has 0 aliphatic heterocycles. The Hall–Kier alpha value is -1.73. The van der Waals surface area contributed by atoms with Gasteiger partial charge in [0, 0.05) is 28.2 Å². The van der Waals surface area contributed by atoms with Gasteiger partial charge < -0.3 is 10.2 Å². The molecule has 0 unspecified atom stereocenters. The predicted octanol–water partition coefficient (Wildman–Crippen LogP) is 4.57. The number of thiazole rings is 1. The third-order valence-corrected chi connectivity index (χ3v) is 5.76. The number of carbonyl (C=O) groups is 2. The molecule has 0 spiro atoms. The van der Waals surface area contributed by atoms with E-state index in [4.69, 9.17) is 0 Å². The summed E-state index contributed by atoms with van der Waals surface area (Å²) < 4.78 is 0.855. The minimum Gasteiger partial charge on any atom is -0.329 e. The van der Waals surface area contributed by atoms with Gasteiger partial charge in [0.2, 0.25) is 5.91 Å². The third-order valence-electron chi connectivity index (χ3n) is 4.58. The molecule has 1 aromatic carbocycles. The molecule has 5 nitrogen and oxygen atoms in total. The Balaban J connectivity index is 1.71. The van der Waals surface area contributed by atoms with Crippen molar-refractivity contribution in [3.05, 3.63) is 45.9 Å². The number of rotatable bonds is 6. The van der Waals surface area contributed by atoms with E-state index in [1.165, 1.54) is 30.6 Å². The number of hydrogen-bond acceptors (Lipinski definition) is 4. The van der Waals surface area contributed by atoms with Crippen molar-refractivity contribution in [2.45, 2.75) is 32.1 Å². The van der Waals surface area contributed by atoms with Gasteiger partial charge in [-0.05, 0) is 37.0 Å². The van der Waals surface area contributed by atoms with Crippen LogP contribution in [-0.4, -0.2) is 34.8 Å². The van der Waals surface area contributed by atoms with Gasteiger partial charge in [0.05, 0.1) is 0 Å². The van der Waals surface area contributed by atoms with Crippen molar-refractivity contribution in [2.75, 3.05) is 18.4 Å². The first-order chi connectivity index (χ1) is 12.6. The first kappa shape index (κ1) is 19.0. The molecule has 26 heavy (non-hydrogen) atoms. The standard InChI is InChI=1S/C19H22BrN3O2S/c20-16-8-4-7-15(11-16)18(25)23(12-14-5-2-1-3-6-14)13-17(24)22-19-21-9-10-26-19/h4,7-11,14H,1-3,5-6,12-13H2,(H,21,22,24). The molecule has 7 heteroatoms. The highest BCUT2D eigenvalue weighted by atomic mass is 79.9. The van der Waals surface area contributed by atoms with Gasteiger partial charge in [-0.3, -0.25) is 9.59 Å². The molecule has 1 N–H and O–H groups in total. The molecule has 3 rings (SSSR count). The van der Waals surface area contributed by atoms with Crippen LogP contribution in [0.3, 0.4) is 0 Å². The highest BCUT2D eigenvalue weighted by molar-refractivity contribution is 9.10. The molecule has 0 saturated heterocycles. The van der Waals surface area contributed by atoms with Crippen molar-refractivity contribution >= 4 is 44.2 Å². The lowest BCUT2D eigenvalue weighted by molar-refractivity contribution is -0.117. The van der Waals surface area contributed by atoms with Gasteiger partial charge in [-0.2, -0.15) is 0 Å². The maximum absolute atomic E-state index is 13.0. The average Bonchev–Trinajstić information content (AvgIpc) is 3.14. The summed E-state index contributed by atoms with van der Waals surface area (Å²) in [6.45, 7) is 0.665. The lowest BCUT2D eigenvalue weighted by Gasteiger charge is -2.29. The lowest BCUT2D eigenvalue weighted by Crippen LogP contribution is -2.41. The van der Waals surface area contributed by atoms with Gasteiger partial charge >= 0.3 is 0 Å². The van der Waals surface area contributed by atoms with Gasteiger partial charge in [-0.15, -0.1) is 11.3 Å². The molecule has 1 aromatic heterocycles. The van der Waals surface area contributed by atoms with Crippen molar-refractivity contribution in [3.8, 4) is 0 Å². The second-order valence-electron chi connectivity index (χ2n) is 6.59. The molecule has 2 aromatic rings. The zero-order valence-electron chi connectivity index (χ0n) is 14.5. The molecule has 1 fully saturated rings. The monoisotopic (exact) mass is 435 g/mol. The van der Waals surface area contributed by atoms with E-state index in [1.807, 2.05) is 17.5 Å². The highest BCUT2D eigenvalue weighted by Gasteiger charge is 2.24. The summed E-state index contributed by atoms with van der Waals surface area (Å²) in [5, 5.41) is 5.14. The van der Waals surface area contributed by atoms with Crippen molar-refractivity contribution in [1.82, 2.24) is 9.88 Å². The van der Waals surface area contributed by atoms with Gasteiger partial charge in [0.25, 0.3) is 5.91 Å².